The average molecular weight is 282 g/mol. The highest BCUT2D eigenvalue weighted by atomic mass is 19.4. The van der Waals surface area contributed by atoms with Gasteiger partial charge in [0.15, 0.2) is 0 Å². The molecule has 0 saturated carbocycles. The normalized spacial score (nSPS) is 13.0. The van der Waals surface area contributed by atoms with Crippen molar-refractivity contribution in [1.29, 1.82) is 0 Å². The molecular weight excluding hydrogens is 269 g/mol. The number of aromatic nitrogens is 2. The fourth-order valence-corrected chi connectivity index (χ4v) is 1.75. The van der Waals surface area contributed by atoms with Gasteiger partial charge < -0.3 is 11.1 Å². The zero-order valence-corrected chi connectivity index (χ0v) is 10.6. The summed E-state index contributed by atoms with van der Waals surface area (Å²) in [6.45, 7) is 1.81. The Bertz CT molecular complexity index is 584. The Balaban J connectivity index is 2.24. The van der Waals surface area contributed by atoms with Crippen LogP contribution in [0.1, 0.15) is 24.1 Å². The smallest absolute Gasteiger partial charge is 0.384 e. The summed E-state index contributed by atoms with van der Waals surface area (Å²) in [5.74, 6) is -0.0918. The van der Waals surface area contributed by atoms with Crippen molar-refractivity contribution >= 4 is 11.6 Å². The molecule has 2 aromatic heterocycles. The van der Waals surface area contributed by atoms with Crippen molar-refractivity contribution in [2.24, 2.45) is 0 Å². The Morgan fingerprint density at radius 1 is 1.20 bits per heavy atom. The van der Waals surface area contributed by atoms with E-state index in [1.165, 1.54) is 0 Å². The number of pyridine rings is 2. The molecule has 20 heavy (non-hydrogen) atoms. The van der Waals surface area contributed by atoms with E-state index in [4.69, 9.17) is 5.73 Å². The Kier molecular flexibility index (Phi) is 3.78. The first kappa shape index (κ1) is 14.1. The van der Waals surface area contributed by atoms with E-state index in [9.17, 15) is 13.2 Å². The summed E-state index contributed by atoms with van der Waals surface area (Å²) < 4.78 is 38.1. The molecule has 106 valence electrons. The second-order valence-electron chi connectivity index (χ2n) is 4.31. The van der Waals surface area contributed by atoms with Crippen molar-refractivity contribution in [2.75, 3.05) is 11.1 Å². The first-order valence-electron chi connectivity index (χ1n) is 5.87. The molecule has 1 unspecified atom stereocenters. The molecule has 0 fully saturated rings. The maximum absolute atomic E-state index is 12.7. The van der Waals surface area contributed by atoms with Crippen LogP contribution in [0, 0.1) is 0 Å². The average Bonchev–Trinajstić information content (AvgIpc) is 2.38. The van der Waals surface area contributed by atoms with Crippen LogP contribution >= 0.6 is 0 Å². The fourth-order valence-electron chi connectivity index (χ4n) is 1.75. The van der Waals surface area contributed by atoms with Gasteiger partial charge in [-0.2, -0.15) is 13.2 Å². The van der Waals surface area contributed by atoms with E-state index in [0.717, 1.165) is 17.7 Å². The summed E-state index contributed by atoms with van der Waals surface area (Å²) in [5.41, 5.74) is 5.47. The number of nitrogens with two attached hydrogens (primary N) is 1. The van der Waals surface area contributed by atoms with Gasteiger partial charge in [-0.05, 0) is 36.8 Å². The molecule has 0 saturated heterocycles. The zero-order valence-electron chi connectivity index (χ0n) is 10.6. The highest BCUT2D eigenvalue weighted by molar-refractivity contribution is 5.48. The van der Waals surface area contributed by atoms with Crippen LogP contribution < -0.4 is 11.1 Å². The largest absolute Gasteiger partial charge is 0.416 e. The van der Waals surface area contributed by atoms with Crippen molar-refractivity contribution < 1.29 is 13.2 Å². The van der Waals surface area contributed by atoms with Gasteiger partial charge in [0.2, 0.25) is 0 Å². The summed E-state index contributed by atoms with van der Waals surface area (Å²) in [4.78, 5) is 7.75. The van der Waals surface area contributed by atoms with Gasteiger partial charge in [0.05, 0.1) is 11.6 Å². The monoisotopic (exact) mass is 282 g/mol. The lowest BCUT2D eigenvalue weighted by Crippen LogP contribution is -2.12. The van der Waals surface area contributed by atoms with Crippen molar-refractivity contribution in [1.82, 2.24) is 9.97 Å². The summed E-state index contributed by atoms with van der Waals surface area (Å²) in [6.07, 6.45) is -1.23. The number of anilines is 2. The Morgan fingerprint density at radius 3 is 2.45 bits per heavy atom. The lowest BCUT2D eigenvalue weighted by atomic mass is 10.1. The van der Waals surface area contributed by atoms with Crippen LogP contribution in [0.4, 0.5) is 24.8 Å². The lowest BCUT2D eigenvalue weighted by molar-refractivity contribution is -0.137. The second kappa shape index (κ2) is 5.36. The Hall–Kier alpha value is -2.31. The predicted molar refractivity (Wildman–Crippen MR) is 69.9 cm³/mol. The van der Waals surface area contributed by atoms with Crippen LogP contribution in [0.5, 0.6) is 0 Å². The fraction of sp³-hybridized carbons (Fsp3) is 0.231. The first-order chi connectivity index (χ1) is 9.36. The van der Waals surface area contributed by atoms with E-state index in [0.29, 0.717) is 0 Å². The van der Waals surface area contributed by atoms with E-state index in [2.05, 4.69) is 15.3 Å². The number of rotatable bonds is 3. The predicted octanol–water partition coefficient (Wildman–Crippen LogP) is 3.25. The maximum Gasteiger partial charge on any atom is 0.416 e. The van der Waals surface area contributed by atoms with Gasteiger partial charge in [0, 0.05) is 12.4 Å². The number of nitrogen functional groups attached to an aromatic ring is 1. The van der Waals surface area contributed by atoms with Gasteiger partial charge in [-0.3, -0.25) is 4.98 Å². The molecule has 2 heterocycles. The minimum Gasteiger partial charge on any atom is -0.384 e. The molecule has 0 spiro atoms. The van der Waals surface area contributed by atoms with Crippen LogP contribution in [-0.4, -0.2) is 9.97 Å². The Morgan fingerprint density at radius 2 is 1.85 bits per heavy atom. The standard InChI is InChI=1S/C13H13F3N4/c1-8(9-2-4-18-5-3-9)19-12-7-10(13(14,15)16)6-11(17)20-12/h2-8H,1H3,(H3,17,19,20). The van der Waals surface area contributed by atoms with Crippen molar-refractivity contribution in [3.63, 3.8) is 0 Å². The van der Waals surface area contributed by atoms with Crippen LogP contribution in [0.25, 0.3) is 0 Å². The number of halogens is 3. The third kappa shape index (κ3) is 3.37. The van der Waals surface area contributed by atoms with E-state index < -0.39 is 11.7 Å². The molecule has 4 nitrogen and oxygen atoms in total. The molecular formula is C13H13F3N4. The summed E-state index contributed by atoms with van der Waals surface area (Å²) in [5, 5.41) is 2.89. The minimum atomic E-state index is -4.45. The molecule has 0 amide bonds. The molecule has 0 aliphatic heterocycles. The van der Waals surface area contributed by atoms with Gasteiger partial charge in [0.1, 0.15) is 11.6 Å². The van der Waals surface area contributed by atoms with Gasteiger partial charge in [-0.25, -0.2) is 4.98 Å². The summed E-state index contributed by atoms with van der Waals surface area (Å²) in [6, 6.07) is 5.08. The van der Waals surface area contributed by atoms with Gasteiger partial charge >= 0.3 is 6.18 Å². The van der Waals surface area contributed by atoms with Crippen molar-refractivity contribution in [3.8, 4) is 0 Å². The second-order valence-corrected chi connectivity index (χ2v) is 4.31. The first-order valence-corrected chi connectivity index (χ1v) is 5.87. The van der Waals surface area contributed by atoms with E-state index in [1.54, 1.807) is 24.5 Å². The quantitative estimate of drug-likeness (QED) is 0.907. The maximum atomic E-state index is 12.7. The Labute approximate surface area is 113 Å². The minimum absolute atomic E-state index is 0.0848. The number of hydrogen-bond acceptors (Lipinski definition) is 4. The number of nitrogens with zero attached hydrogens (tertiary/aromatic N) is 2. The SMILES string of the molecule is CC(Nc1cc(C(F)(F)F)cc(N)n1)c1ccncc1. The number of nitrogens with one attached hydrogen (secondary N) is 1. The molecule has 3 N–H and O–H groups in total. The van der Waals surface area contributed by atoms with E-state index in [-0.39, 0.29) is 17.7 Å². The van der Waals surface area contributed by atoms with Gasteiger partial charge in [-0.1, -0.05) is 0 Å². The zero-order chi connectivity index (χ0) is 14.8. The third-order valence-corrected chi connectivity index (χ3v) is 2.74. The lowest BCUT2D eigenvalue weighted by Gasteiger charge is -2.16. The molecule has 0 aromatic carbocycles. The topological polar surface area (TPSA) is 63.8 Å². The summed E-state index contributed by atoms with van der Waals surface area (Å²) in [7, 11) is 0. The number of hydrogen-bond donors (Lipinski definition) is 2. The van der Waals surface area contributed by atoms with Gasteiger partial charge in [-0.15, -0.1) is 0 Å². The van der Waals surface area contributed by atoms with Gasteiger partial charge in [0.25, 0.3) is 0 Å². The molecule has 2 aromatic rings. The highest BCUT2D eigenvalue weighted by Gasteiger charge is 2.31. The highest BCUT2D eigenvalue weighted by Crippen LogP contribution is 2.32. The summed E-state index contributed by atoms with van der Waals surface area (Å²) >= 11 is 0. The van der Waals surface area contributed by atoms with Crippen LogP contribution in [-0.2, 0) is 6.18 Å². The van der Waals surface area contributed by atoms with Crippen molar-refractivity contribution in [2.45, 2.75) is 19.1 Å². The van der Waals surface area contributed by atoms with Crippen LogP contribution in [0.3, 0.4) is 0 Å². The number of alkyl halides is 3. The van der Waals surface area contributed by atoms with E-state index >= 15 is 0 Å². The molecule has 2 rings (SSSR count). The van der Waals surface area contributed by atoms with Crippen molar-refractivity contribution in [3.05, 3.63) is 47.8 Å². The van der Waals surface area contributed by atoms with Crippen LogP contribution in [0.15, 0.2) is 36.7 Å². The van der Waals surface area contributed by atoms with E-state index in [1.807, 2.05) is 6.92 Å². The van der Waals surface area contributed by atoms with Crippen LogP contribution in [0.2, 0.25) is 0 Å². The molecule has 0 aliphatic carbocycles. The molecule has 7 heteroatoms. The third-order valence-electron chi connectivity index (χ3n) is 2.74. The molecule has 0 bridgehead atoms. The molecule has 0 aliphatic rings. The molecule has 1 atom stereocenters. The molecule has 0 radical (unpaired) electrons.